The zero-order chi connectivity index (χ0) is 13.7. The highest BCUT2D eigenvalue weighted by Crippen LogP contribution is 2.16. The third kappa shape index (κ3) is 3.67. The van der Waals surface area contributed by atoms with Gasteiger partial charge in [0.05, 0.1) is 12.8 Å². The Morgan fingerprint density at radius 2 is 2.21 bits per heavy atom. The van der Waals surface area contributed by atoms with Crippen molar-refractivity contribution in [2.45, 2.75) is 45.3 Å². The fourth-order valence-electron chi connectivity index (χ4n) is 2.67. The molecule has 4 heteroatoms. The molecule has 0 bridgehead atoms. The van der Waals surface area contributed by atoms with Gasteiger partial charge in [-0.2, -0.15) is 0 Å². The van der Waals surface area contributed by atoms with E-state index in [2.05, 4.69) is 35.1 Å². The number of nitrogens with zero attached hydrogens (tertiary/aromatic N) is 2. The SMILES string of the molecule is CCC1CN(Cc2cccc(OC)n2)C(CC)CN1. The van der Waals surface area contributed by atoms with Gasteiger partial charge in [0.2, 0.25) is 5.88 Å². The summed E-state index contributed by atoms with van der Waals surface area (Å²) in [4.78, 5) is 7.07. The number of nitrogens with one attached hydrogen (secondary N) is 1. The van der Waals surface area contributed by atoms with Gasteiger partial charge in [-0.15, -0.1) is 0 Å². The zero-order valence-corrected chi connectivity index (χ0v) is 12.2. The van der Waals surface area contributed by atoms with Crippen LogP contribution >= 0.6 is 0 Å². The van der Waals surface area contributed by atoms with Gasteiger partial charge in [0, 0.05) is 37.8 Å². The first-order valence-electron chi connectivity index (χ1n) is 7.24. The Hall–Kier alpha value is -1.13. The topological polar surface area (TPSA) is 37.4 Å². The van der Waals surface area contributed by atoms with E-state index in [0.29, 0.717) is 18.0 Å². The number of methoxy groups -OCH3 is 1. The summed E-state index contributed by atoms with van der Waals surface area (Å²) in [6, 6.07) is 7.21. The summed E-state index contributed by atoms with van der Waals surface area (Å²) >= 11 is 0. The van der Waals surface area contributed by atoms with Gasteiger partial charge in [0.1, 0.15) is 0 Å². The molecule has 0 radical (unpaired) electrons. The molecule has 2 heterocycles. The maximum Gasteiger partial charge on any atom is 0.213 e. The number of hydrogen-bond acceptors (Lipinski definition) is 4. The largest absolute Gasteiger partial charge is 0.481 e. The molecule has 1 saturated heterocycles. The van der Waals surface area contributed by atoms with E-state index in [1.807, 2.05) is 12.1 Å². The monoisotopic (exact) mass is 263 g/mol. The standard InChI is InChI=1S/C15H25N3O/c1-4-12-10-18(14(5-2)9-16-12)11-13-7-6-8-15(17-13)19-3/h6-8,12,14,16H,4-5,9-11H2,1-3H3. The summed E-state index contributed by atoms with van der Waals surface area (Å²) < 4.78 is 5.20. The van der Waals surface area contributed by atoms with Gasteiger partial charge < -0.3 is 10.1 Å². The van der Waals surface area contributed by atoms with Crippen LogP contribution in [0.15, 0.2) is 18.2 Å². The van der Waals surface area contributed by atoms with E-state index in [0.717, 1.165) is 25.3 Å². The zero-order valence-electron chi connectivity index (χ0n) is 12.2. The highest BCUT2D eigenvalue weighted by molar-refractivity contribution is 5.15. The molecule has 1 aromatic rings. The van der Waals surface area contributed by atoms with Crippen LogP contribution in [0, 0.1) is 0 Å². The van der Waals surface area contributed by atoms with Gasteiger partial charge in [-0.25, -0.2) is 4.98 Å². The second-order valence-electron chi connectivity index (χ2n) is 5.18. The molecule has 0 amide bonds. The van der Waals surface area contributed by atoms with E-state index in [4.69, 9.17) is 4.74 Å². The van der Waals surface area contributed by atoms with Crippen LogP contribution < -0.4 is 10.1 Å². The summed E-state index contributed by atoms with van der Waals surface area (Å²) in [5.41, 5.74) is 1.09. The van der Waals surface area contributed by atoms with Gasteiger partial charge in [-0.05, 0) is 18.9 Å². The summed E-state index contributed by atoms with van der Waals surface area (Å²) in [5, 5.41) is 3.62. The molecular formula is C15H25N3O. The molecule has 0 aliphatic carbocycles. The Labute approximate surface area is 116 Å². The molecule has 1 aromatic heterocycles. The number of rotatable bonds is 5. The highest BCUT2D eigenvalue weighted by Gasteiger charge is 2.25. The average molecular weight is 263 g/mol. The summed E-state index contributed by atoms with van der Waals surface area (Å²) in [6.07, 6.45) is 2.35. The van der Waals surface area contributed by atoms with Crippen molar-refractivity contribution in [1.29, 1.82) is 0 Å². The van der Waals surface area contributed by atoms with Crippen molar-refractivity contribution < 1.29 is 4.74 Å². The van der Waals surface area contributed by atoms with Crippen molar-refractivity contribution in [3.8, 4) is 5.88 Å². The van der Waals surface area contributed by atoms with Crippen molar-refractivity contribution in [2.75, 3.05) is 20.2 Å². The Balaban J connectivity index is 2.05. The minimum Gasteiger partial charge on any atom is -0.481 e. The van der Waals surface area contributed by atoms with Crippen LogP contribution in [0.1, 0.15) is 32.4 Å². The molecule has 1 aliphatic rings. The van der Waals surface area contributed by atoms with Crippen LogP contribution in [0.4, 0.5) is 0 Å². The van der Waals surface area contributed by atoms with Crippen LogP contribution in [0.25, 0.3) is 0 Å². The molecule has 4 nitrogen and oxygen atoms in total. The number of pyridine rings is 1. The number of aromatic nitrogens is 1. The van der Waals surface area contributed by atoms with Crippen LogP contribution in [-0.2, 0) is 6.54 Å². The molecule has 1 aliphatic heterocycles. The van der Waals surface area contributed by atoms with E-state index in [1.54, 1.807) is 7.11 Å². The van der Waals surface area contributed by atoms with E-state index in [1.165, 1.54) is 12.8 Å². The Kier molecular flexibility index (Phi) is 5.16. The third-order valence-electron chi connectivity index (χ3n) is 3.93. The lowest BCUT2D eigenvalue weighted by Gasteiger charge is -2.39. The second kappa shape index (κ2) is 6.87. The summed E-state index contributed by atoms with van der Waals surface area (Å²) in [6.45, 7) is 7.59. The van der Waals surface area contributed by atoms with Gasteiger partial charge in [-0.3, -0.25) is 4.90 Å². The minimum absolute atomic E-state index is 0.605. The van der Waals surface area contributed by atoms with Gasteiger partial charge in [0.15, 0.2) is 0 Å². The quantitative estimate of drug-likeness (QED) is 0.882. The first kappa shape index (κ1) is 14.3. The van der Waals surface area contributed by atoms with E-state index >= 15 is 0 Å². The lowest BCUT2D eigenvalue weighted by atomic mass is 10.0. The lowest BCUT2D eigenvalue weighted by molar-refractivity contribution is 0.116. The third-order valence-corrected chi connectivity index (χ3v) is 3.93. The van der Waals surface area contributed by atoms with Crippen molar-refractivity contribution in [1.82, 2.24) is 15.2 Å². The maximum absolute atomic E-state index is 5.20. The number of hydrogen-bond donors (Lipinski definition) is 1. The molecule has 2 atom stereocenters. The number of ether oxygens (including phenoxy) is 1. The fourth-order valence-corrected chi connectivity index (χ4v) is 2.67. The smallest absolute Gasteiger partial charge is 0.213 e. The highest BCUT2D eigenvalue weighted by atomic mass is 16.5. The van der Waals surface area contributed by atoms with E-state index in [9.17, 15) is 0 Å². The van der Waals surface area contributed by atoms with Crippen molar-refractivity contribution in [2.24, 2.45) is 0 Å². The normalized spacial score (nSPS) is 24.4. The molecular weight excluding hydrogens is 238 g/mol. The first-order valence-corrected chi connectivity index (χ1v) is 7.24. The lowest BCUT2D eigenvalue weighted by Crippen LogP contribution is -2.55. The van der Waals surface area contributed by atoms with Gasteiger partial charge in [0.25, 0.3) is 0 Å². The van der Waals surface area contributed by atoms with Crippen LogP contribution in [-0.4, -0.2) is 42.2 Å². The van der Waals surface area contributed by atoms with Gasteiger partial charge >= 0.3 is 0 Å². The number of piperazine rings is 1. The van der Waals surface area contributed by atoms with Crippen LogP contribution in [0.3, 0.4) is 0 Å². The molecule has 0 aromatic carbocycles. The molecule has 106 valence electrons. The Bertz CT molecular complexity index is 397. The fraction of sp³-hybridized carbons (Fsp3) is 0.667. The molecule has 1 N–H and O–H groups in total. The second-order valence-corrected chi connectivity index (χ2v) is 5.18. The van der Waals surface area contributed by atoms with Crippen LogP contribution in [0.5, 0.6) is 5.88 Å². The van der Waals surface area contributed by atoms with Crippen LogP contribution in [0.2, 0.25) is 0 Å². The first-order chi connectivity index (χ1) is 9.26. The predicted molar refractivity (Wildman–Crippen MR) is 77.4 cm³/mol. The Morgan fingerprint density at radius 3 is 2.89 bits per heavy atom. The molecule has 0 saturated carbocycles. The maximum atomic E-state index is 5.20. The van der Waals surface area contributed by atoms with Crippen molar-refractivity contribution in [3.63, 3.8) is 0 Å². The summed E-state index contributed by atoms with van der Waals surface area (Å²) in [7, 11) is 1.67. The Morgan fingerprint density at radius 1 is 1.37 bits per heavy atom. The van der Waals surface area contributed by atoms with Gasteiger partial charge in [-0.1, -0.05) is 19.9 Å². The molecule has 0 spiro atoms. The average Bonchev–Trinajstić information content (AvgIpc) is 2.47. The molecule has 2 rings (SSSR count). The molecule has 19 heavy (non-hydrogen) atoms. The summed E-state index contributed by atoms with van der Waals surface area (Å²) in [5.74, 6) is 0.702. The molecule has 1 fully saturated rings. The predicted octanol–water partition coefficient (Wildman–Crippen LogP) is 2.05. The molecule has 2 unspecified atom stereocenters. The van der Waals surface area contributed by atoms with E-state index in [-0.39, 0.29) is 0 Å². The van der Waals surface area contributed by atoms with Crippen molar-refractivity contribution in [3.05, 3.63) is 23.9 Å². The van der Waals surface area contributed by atoms with E-state index < -0.39 is 0 Å². The van der Waals surface area contributed by atoms with Crippen molar-refractivity contribution >= 4 is 0 Å². The minimum atomic E-state index is 0.605.